The fourth-order valence-electron chi connectivity index (χ4n) is 1.56. The standard InChI is InChI=1S/C11H20BrN3O/c1-4-15-10(11(12)9(3)14-15)7-13-6-5-8(2)16/h8,13,16H,4-7H2,1-3H3. The van der Waals surface area contributed by atoms with Crippen LogP contribution in [0, 0.1) is 6.92 Å². The van der Waals surface area contributed by atoms with E-state index < -0.39 is 0 Å². The van der Waals surface area contributed by atoms with Crippen molar-refractivity contribution in [1.29, 1.82) is 0 Å². The maximum Gasteiger partial charge on any atom is 0.0739 e. The SMILES string of the molecule is CCn1nc(C)c(Br)c1CNCCC(C)O. The molecule has 5 heteroatoms. The summed E-state index contributed by atoms with van der Waals surface area (Å²) in [5.41, 5.74) is 2.19. The van der Waals surface area contributed by atoms with Gasteiger partial charge in [0.05, 0.1) is 22.0 Å². The van der Waals surface area contributed by atoms with E-state index in [1.807, 2.05) is 11.6 Å². The Morgan fingerprint density at radius 2 is 2.25 bits per heavy atom. The van der Waals surface area contributed by atoms with E-state index in [0.29, 0.717) is 0 Å². The van der Waals surface area contributed by atoms with Crippen LogP contribution in [0.15, 0.2) is 4.47 Å². The monoisotopic (exact) mass is 289 g/mol. The molecule has 0 bridgehead atoms. The summed E-state index contributed by atoms with van der Waals surface area (Å²) in [6.45, 7) is 8.35. The van der Waals surface area contributed by atoms with E-state index in [-0.39, 0.29) is 6.10 Å². The summed E-state index contributed by atoms with van der Waals surface area (Å²) in [6.07, 6.45) is 0.533. The van der Waals surface area contributed by atoms with E-state index in [2.05, 4.69) is 33.3 Å². The van der Waals surface area contributed by atoms with Crippen molar-refractivity contribution in [1.82, 2.24) is 15.1 Å². The van der Waals surface area contributed by atoms with Crippen molar-refractivity contribution in [3.63, 3.8) is 0 Å². The number of aliphatic hydroxyl groups is 1. The van der Waals surface area contributed by atoms with Gasteiger partial charge in [0.25, 0.3) is 0 Å². The normalized spacial score (nSPS) is 13.1. The molecule has 1 unspecified atom stereocenters. The minimum atomic E-state index is -0.242. The van der Waals surface area contributed by atoms with E-state index in [9.17, 15) is 0 Å². The smallest absolute Gasteiger partial charge is 0.0739 e. The highest BCUT2D eigenvalue weighted by atomic mass is 79.9. The van der Waals surface area contributed by atoms with Crippen LogP contribution in [0.25, 0.3) is 0 Å². The molecule has 1 rings (SSSR count). The van der Waals surface area contributed by atoms with Crippen molar-refractivity contribution in [2.75, 3.05) is 6.54 Å². The third-order valence-electron chi connectivity index (χ3n) is 2.48. The third kappa shape index (κ3) is 3.57. The summed E-state index contributed by atoms with van der Waals surface area (Å²) in [4.78, 5) is 0. The molecule has 0 aliphatic heterocycles. The van der Waals surface area contributed by atoms with Gasteiger partial charge in [0.15, 0.2) is 0 Å². The van der Waals surface area contributed by atoms with Crippen LogP contribution in [0.1, 0.15) is 31.7 Å². The van der Waals surface area contributed by atoms with Gasteiger partial charge in [-0.15, -0.1) is 0 Å². The number of hydrogen-bond donors (Lipinski definition) is 2. The molecule has 1 aromatic rings. The summed E-state index contributed by atoms with van der Waals surface area (Å²) in [5, 5.41) is 16.9. The second-order valence-electron chi connectivity index (χ2n) is 3.98. The molecule has 1 heterocycles. The summed E-state index contributed by atoms with van der Waals surface area (Å²) in [7, 11) is 0. The van der Waals surface area contributed by atoms with Crippen molar-refractivity contribution in [3.8, 4) is 0 Å². The van der Waals surface area contributed by atoms with Gasteiger partial charge in [-0.05, 0) is 49.7 Å². The largest absolute Gasteiger partial charge is 0.393 e. The van der Waals surface area contributed by atoms with Gasteiger partial charge in [-0.3, -0.25) is 4.68 Å². The number of aliphatic hydroxyl groups excluding tert-OH is 1. The molecule has 0 saturated heterocycles. The molecule has 92 valence electrons. The van der Waals surface area contributed by atoms with Crippen LogP contribution in [-0.4, -0.2) is 27.5 Å². The van der Waals surface area contributed by atoms with Crippen LogP contribution in [0.3, 0.4) is 0 Å². The van der Waals surface area contributed by atoms with Gasteiger partial charge in [0, 0.05) is 13.1 Å². The van der Waals surface area contributed by atoms with Gasteiger partial charge < -0.3 is 10.4 Å². The highest BCUT2D eigenvalue weighted by Gasteiger charge is 2.11. The number of hydrogen-bond acceptors (Lipinski definition) is 3. The third-order valence-corrected chi connectivity index (χ3v) is 3.52. The van der Waals surface area contributed by atoms with Gasteiger partial charge in [0.2, 0.25) is 0 Å². The summed E-state index contributed by atoms with van der Waals surface area (Å²) in [5.74, 6) is 0. The Hall–Kier alpha value is -0.390. The first-order chi connectivity index (χ1) is 7.56. The molecule has 16 heavy (non-hydrogen) atoms. The van der Waals surface area contributed by atoms with Crippen molar-refractivity contribution < 1.29 is 5.11 Å². The Balaban J connectivity index is 2.52. The highest BCUT2D eigenvalue weighted by molar-refractivity contribution is 9.10. The van der Waals surface area contributed by atoms with Crippen molar-refractivity contribution in [2.45, 2.75) is 46.4 Å². The quantitative estimate of drug-likeness (QED) is 0.786. The van der Waals surface area contributed by atoms with Crippen LogP contribution >= 0.6 is 15.9 Å². The molecule has 1 aromatic heterocycles. The van der Waals surface area contributed by atoms with E-state index in [0.717, 1.165) is 36.2 Å². The Morgan fingerprint density at radius 3 is 2.81 bits per heavy atom. The molecule has 0 aromatic carbocycles. The Labute approximate surface area is 105 Å². The predicted molar refractivity (Wildman–Crippen MR) is 68.3 cm³/mol. The number of halogens is 1. The Kier molecular flexibility index (Phi) is 5.44. The lowest BCUT2D eigenvalue weighted by Gasteiger charge is -2.08. The lowest BCUT2D eigenvalue weighted by molar-refractivity contribution is 0.183. The van der Waals surface area contributed by atoms with Gasteiger partial charge in [-0.1, -0.05) is 0 Å². The van der Waals surface area contributed by atoms with Gasteiger partial charge in [0.1, 0.15) is 0 Å². The molecule has 0 amide bonds. The summed E-state index contributed by atoms with van der Waals surface area (Å²) < 4.78 is 3.08. The van der Waals surface area contributed by atoms with Crippen LogP contribution in [0.5, 0.6) is 0 Å². The molecule has 4 nitrogen and oxygen atoms in total. The Morgan fingerprint density at radius 1 is 1.56 bits per heavy atom. The van der Waals surface area contributed by atoms with Crippen LogP contribution < -0.4 is 5.32 Å². The fourth-order valence-corrected chi connectivity index (χ4v) is 1.98. The fraction of sp³-hybridized carbons (Fsp3) is 0.727. The Bertz CT molecular complexity index is 336. The van der Waals surface area contributed by atoms with E-state index in [4.69, 9.17) is 5.11 Å². The molecule has 0 fully saturated rings. The lowest BCUT2D eigenvalue weighted by Crippen LogP contribution is -2.20. The molecule has 0 aliphatic carbocycles. The van der Waals surface area contributed by atoms with E-state index in [1.165, 1.54) is 5.69 Å². The van der Waals surface area contributed by atoms with Gasteiger partial charge in [-0.25, -0.2) is 0 Å². The summed E-state index contributed by atoms with van der Waals surface area (Å²) in [6, 6.07) is 0. The molecule has 0 radical (unpaired) electrons. The molecule has 1 atom stereocenters. The average molecular weight is 290 g/mol. The van der Waals surface area contributed by atoms with Crippen LogP contribution in [0.4, 0.5) is 0 Å². The minimum Gasteiger partial charge on any atom is -0.393 e. The molecular weight excluding hydrogens is 270 g/mol. The minimum absolute atomic E-state index is 0.242. The molecule has 0 aliphatic rings. The van der Waals surface area contributed by atoms with Crippen molar-refractivity contribution in [3.05, 3.63) is 15.9 Å². The maximum absolute atomic E-state index is 9.14. The number of aryl methyl sites for hydroxylation is 2. The number of rotatable bonds is 6. The molecule has 2 N–H and O–H groups in total. The number of aromatic nitrogens is 2. The van der Waals surface area contributed by atoms with Gasteiger partial charge >= 0.3 is 0 Å². The first-order valence-corrected chi connectivity index (χ1v) is 6.46. The maximum atomic E-state index is 9.14. The zero-order chi connectivity index (χ0) is 12.1. The van der Waals surface area contributed by atoms with Crippen LogP contribution in [-0.2, 0) is 13.1 Å². The highest BCUT2D eigenvalue weighted by Crippen LogP contribution is 2.20. The van der Waals surface area contributed by atoms with Gasteiger partial charge in [-0.2, -0.15) is 5.10 Å². The lowest BCUT2D eigenvalue weighted by atomic mass is 10.3. The van der Waals surface area contributed by atoms with E-state index >= 15 is 0 Å². The summed E-state index contributed by atoms with van der Waals surface area (Å²) >= 11 is 3.55. The number of nitrogens with zero attached hydrogens (tertiary/aromatic N) is 2. The number of nitrogens with one attached hydrogen (secondary N) is 1. The van der Waals surface area contributed by atoms with Crippen molar-refractivity contribution >= 4 is 15.9 Å². The predicted octanol–water partition coefficient (Wildman–Crippen LogP) is 1.83. The van der Waals surface area contributed by atoms with Crippen LogP contribution in [0.2, 0.25) is 0 Å². The second kappa shape index (κ2) is 6.37. The molecular formula is C11H20BrN3O. The first kappa shape index (κ1) is 13.7. The molecule has 0 saturated carbocycles. The second-order valence-corrected chi connectivity index (χ2v) is 4.77. The topological polar surface area (TPSA) is 50.1 Å². The zero-order valence-corrected chi connectivity index (χ0v) is 11.7. The molecule has 0 spiro atoms. The zero-order valence-electron chi connectivity index (χ0n) is 10.1. The first-order valence-electron chi connectivity index (χ1n) is 5.66. The average Bonchev–Trinajstić information content (AvgIpc) is 2.50. The van der Waals surface area contributed by atoms with E-state index in [1.54, 1.807) is 6.92 Å². The van der Waals surface area contributed by atoms with Crippen molar-refractivity contribution in [2.24, 2.45) is 0 Å².